The molecular weight excluding hydrogens is 306 g/mol. The first-order valence-electron chi connectivity index (χ1n) is 7.33. The highest BCUT2D eigenvalue weighted by Crippen LogP contribution is 2.20. The van der Waals surface area contributed by atoms with Crippen molar-refractivity contribution in [1.82, 2.24) is 4.31 Å². The van der Waals surface area contributed by atoms with Crippen LogP contribution < -0.4 is 0 Å². The maximum atomic E-state index is 12.6. The monoisotopic (exact) mass is 327 g/mol. The predicted octanol–water partition coefficient (Wildman–Crippen LogP) is 1.72. The number of hydrogen-bond donors (Lipinski definition) is 1. The third-order valence-corrected chi connectivity index (χ3v) is 5.73. The quantitative estimate of drug-likeness (QED) is 0.860. The van der Waals surface area contributed by atoms with Crippen molar-refractivity contribution in [1.29, 1.82) is 0 Å². The van der Waals surface area contributed by atoms with Crippen molar-refractivity contribution in [2.24, 2.45) is 0 Å². The van der Waals surface area contributed by atoms with E-state index in [1.165, 1.54) is 16.4 Å². The molecule has 1 unspecified atom stereocenters. The van der Waals surface area contributed by atoms with E-state index in [2.05, 4.69) is 0 Å². The van der Waals surface area contributed by atoms with E-state index in [1.54, 1.807) is 12.1 Å². The number of carboxylic acid groups (broad SMARTS) is 1. The topological polar surface area (TPSA) is 83.9 Å². The second kappa shape index (κ2) is 7.21. The molecule has 1 aromatic carbocycles. The van der Waals surface area contributed by atoms with E-state index in [0.717, 1.165) is 12.8 Å². The first-order chi connectivity index (χ1) is 10.4. The van der Waals surface area contributed by atoms with Gasteiger partial charge in [0.15, 0.2) is 0 Å². The lowest BCUT2D eigenvalue weighted by Gasteiger charge is -2.32. The van der Waals surface area contributed by atoms with E-state index < -0.39 is 16.0 Å². The van der Waals surface area contributed by atoms with E-state index in [9.17, 15) is 13.2 Å². The van der Waals surface area contributed by atoms with Gasteiger partial charge in [0.05, 0.1) is 17.9 Å². The summed E-state index contributed by atoms with van der Waals surface area (Å²) >= 11 is 0. The van der Waals surface area contributed by atoms with Gasteiger partial charge in [0, 0.05) is 19.2 Å². The van der Waals surface area contributed by atoms with Crippen LogP contribution in [0, 0.1) is 0 Å². The Hall–Kier alpha value is -1.44. The van der Waals surface area contributed by atoms with Crippen LogP contribution in [0.3, 0.4) is 0 Å². The lowest BCUT2D eigenvalue weighted by atomic mass is 10.1. The molecule has 0 amide bonds. The second-order valence-corrected chi connectivity index (χ2v) is 7.25. The molecule has 2 rings (SSSR count). The fourth-order valence-corrected chi connectivity index (χ4v) is 4.46. The van der Waals surface area contributed by atoms with Crippen molar-refractivity contribution in [3.05, 3.63) is 35.4 Å². The van der Waals surface area contributed by atoms with Crippen LogP contribution in [0.25, 0.3) is 0 Å². The average Bonchev–Trinajstić information content (AvgIpc) is 2.49. The van der Waals surface area contributed by atoms with Gasteiger partial charge in [-0.1, -0.05) is 19.1 Å². The van der Waals surface area contributed by atoms with Gasteiger partial charge in [-0.25, -0.2) is 13.2 Å². The third-order valence-electron chi connectivity index (χ3n) is 3.76. The van der Waals surface area contributed by atoms with Crippen LogP contribution in [0.2, 0.25) is 0 Å². The van der Waals surface area contributed by atoms with Crippen molar-refractivity contribution in [3.8, 4) is 0 Å². The Morgan fingerprint density at radius 2 is 2.05 bits per heavy atom. The van der Waals surface area contributed by atoms with Gasteiger partial charge in [0.2, 0.25) is 10.0 Å². The smallest absolute Gasteiger partial charge is 0.335 e. The van der Waals surface area contributed by atoms with Gasteiger partial charge in [-0.3, -0.25) is 0 Å². The Kier molecular flexibility index (Phi) is 5.55. The van der Waals surface area contributed by atoms with Gasteiger partial charge in [-0.05, 0) is 30.5 Å². The summed E-state index contributed by atoms with van der Waals surface area (Å²) in [6.07, 6.45) is 1.68. The molecule has 0 aromatic heterocycles. The van der Waals surface area contributed by atoms with E-state index in [0.29, 0.717) is 25.3 Å². The summed E-state index contributed by atoms with van der Waals surface area (Å²) in [6.45, 7) is 3.35. The Bertz CT molecular complexity index is 605. The Morgan fingerprint density at radius 3 is 2.55 bits per heavy atom. The number of likely N-dealkylation sites (N-methyl/N-ethyl adjacent to an activating group) is 1. The van der Waals surface area contributed by atoms with Gasteiger partial charge in [-0.15, -0.1) is 0 Å². The highest BCUT2D eigenvalue weighted by molar-refractivity contribution is 7.88. The number of sulfonamides is 1. The van der Waals surface area contributed by atoms with Gasteiger partial charge in [-0.2, -0.15) is 4.31 Å². The fraction of sp³-hybridized carbons (Fsp3) is 0.533. The molecule has 6 nitrogen and oxygen atoms in total. The molecule has 1 aliphatic heterocycles. The number of rotatable bonds is 6. The zero-order valence-electron chi connectivity index (χ0n) is 12.6. The van der Waals surface area contributed by atoms with Crippen LogP contribution in [-0.4, -0.2) is 49.6 Å². The van der Waals surface area contributed by atoms with Crippen molar-refractivity contribution in [2.45, 2.75) is 31.6 Å². The molecule has 0 saturated carbocycles. The molecule has 1 atom stereocenters. The normalized spacial score (nSPS) is 19.3. The summed E-state index contributed by atoms with van der Waals surface area (Å²) in [5, 5.41) is 8.86. The number of hydrogen-bond acceptors (Lipinski definition) is 4. The van der Waals surface area contributed by atoms with Crippen molar-refractivity contribution < 1.29 is 23.1 Å². The molecule has 22 heavy (non-hydrogen) atoms. The van der Waals surface area contributed by atoms with E-state index in [-0.39, 0.29) is 17.4 Å². The highest BCUT2D eigenvalue weighted by atomic mass is 32.2. The van der Waals surface area contributed by atoms with Crippen molar-refractivity contribution >= 4 is 16.0 Å². The van der Waals surface area contributed by atoms with E-state index in [4.69, 9.17) is 9.84 Å². The first kappa shape index (κ1) is 16.9. The molecule has 0 spiro atoms. The highest BCUT2D eigenvalue weighted by Gasteiger charge is 2.30. The van der Waals surface area contributed by atoms with Crippen LogP contribution in [-0.2, 0) is 20.5 Å². The molecule has 1 N–H and O–H groups in total. The molecule has 1 aliphatic rings. The van der Waals surface area contributed by atoms with Gasteiger partial charge in [0.25, 0.3) is 0 Å². The molecule has 1 fully saturated rings. The van der Waals surface area contributed by atoms with Crippen LogP contribution in [0.15, 0.2) is 24.3 Å². The largest absolute Gasteiger partial charge is 0.478 e. The average molecular weight is 327 g/mol. The lowest BCUT2D eigenvalue weighted by Crippen LogP contribution is -2.45. The molecule has 122 valence electrons. The minimum atomic E-state index is -3.45. The third kappa shape index (κ3) is 4.06. The number of aromatic carboxylic acids is 1. The fourth-order valence-electron chi connectivity index (χ4n) is 2.67. The summed E-state index contributed by atoms with van der Waals surface area (Å²) in [4.78, 5) is 10.8. The van der Waals surface area contributed by atoms with E-state index >= 15 is 0 Å². The number of carbonyl (C=O) groups is 1. The predicted molar refractivity (Wildman–Crippen MR) is 82.2 cm³/mol. The summed E-state index contributed by atoms with van der Waals surface area (Å²) in [5.74, 6) is -1.15. The Labute approximate surface area is 130 Å². The number of nitrogens with zero attached hydrogens (tertiary/aromatic N) is 1. The van der Waals surface area contributed by atoms with Gasteiger partial charge < -0.3 is 9.84 Å². The number of carboxylic acids is 1. The summed E-state index contributed by atoms with van der Waals surface area (Å²) in [6, 6.07) is 5.83. The molecule has 1 heterocycles. The Balaban J connectivity index is 2.12. The lowest BCUT2D eigenvalue weighted by molar-refractivity contribution is 0.0466. The van der Waals surface area contributed by atoms with E-state index in [1.807, 2.05) is 6.92 Å². The molecular formula is C15H21NO5S. The number of benzene rings is 1. The second-order valence-electron chi connectivity index (χ2n) is 5.33. The van der Waals surface area contributed by atoms with Crippen LogP contribution in [0.4, 0.5) is 0 Å². The van der Waals surface area contributed by atoms with Crippen molar-refractivity contribution in [3.63, 3.8) is 0 Å². The van der Waals surface area contributed by atoms with Crippen LogP contribution >= 0.6 is 0 Å². The minimum absolute atomic E-state index is 0.109. The molecule has 1 aromatic rings. The maximum absolute atomic E-state index is 12.6. The molecule has 0 radical (unpaired) electrons. The molecule has 0 bridgehead atoms. The standard InChI is InChI=1S/C15H21NO5S/c1-2-16(14-4-3-9-21-10-14)22(19,20)11-12-5-7-13(8-6-12)15(17)18/h5-8,14H,2-4,9-11H2,1H3,(H,17,18). The van der Waals surface area contributed by atoms with Gasteiger partial charge >= 0.3 is 5.97 Å². The minimum Gasteiger partial charge on any atom is -0.478 e. The molecule has 7 heteroatoms. The van der Waals surface area contributed by atoms with Crippen LogP contribution in [0.5, 0.6) is 0 Å². The maximum Gasteiger partial charge on any atom is 0.335 e. The number of ether oxygens (including phenoxy) is 1. The van der Waals surface area contributed by atoms with Gasteiger partial charge in [0.1, 0.15) is 0 Å². The molecule has 0 aliphatic carbocycles. The first-order valence-corrected chi connectivity index (χ1v) is 8.94. The Morgan fingerprint density at radius 1 is 1.36 bits per heavy atom. The summed E-state index contributed by atoms with van der Waals surface area (Å²) < 4.78 is 32.1. The summed E-state index contributed by atoms with van der Waals surface area (Å²) in [5.41, 5.74) is 0.731. The summed E-state index contributed by atoms with van der Waals surface area (Å²) in [7, 11) is -3.45. The van der Waals surface area contributed by atoms with Crippen molar-refractivity contribution in [2.75, 3.05) is 19.8 Å². The van der Waals surface area contributed by atoms with Crippen LogP contribution in [0.1, 0.15) is 35.7 Å². The zero-order chi connectivity index (χ0) is 16.2. The SMILES string of the molecule is CCN(C1CCCOC1)S(=O)(=O)Cc1ccc(C(=O)O)cc1. The molecule has 1 saturated heterocycles. The zero-order valence-corrected chi connectivity index (χ0v) is 13.4.